The molecule has 1 aromatic carbocycles. The van der Waals surface area contributed by atoms with E-state index >= 15 is 0 Å². The van der Waals surface area contributed by atoms with Crippen LogP contribution in [0, 0.1) is 5.82 Å². The van der Waals surface area contributed by atoms with E-state index in [1.807, 2.05) is 0 Å². The molecule has 5 nitrogen and oxygen atoms in total. The molecule has 6 heteroatoms. The van der Waals surface area contributed by atoms with Gasteiger partial charge in [0.15, 0.2) is 5.82 Å². The maximum Gasteiger partial charge on any atom is 0.253 e. The van der Waals surface area contributed by atoms with Crippen molar-refractivity contribution in [3.8, 4) is 11.3 Å². The quantitative estimate of drug-likeness (QED) is 0.668. The first-order valence-corrected chi connectivity index (χ1v) is 10.1. The highest BCUT2D eigenvalue weighted by Gasteiger charge is 2.37. The normalized spacial score (nSPS) is 21.4. The van der Waals surface area contributed by atoms with E-state index in [0.717, 1.165) is 38.4 Å². The van der Waals surface area contributed by atoms with E-state index in [-0.39, 0.29) is 11.6 Å². The lowest BCUT2D eigenvalue weighted by Gasteiger charge is -2.45. The molecule has 29 heavy (non-hydrogen) atoms. The van der Waals surface area contributed by atoms with E-state index in [4.69, 9.17) is 4.98 Å². The molecular weight excluding hydrogens is 367 g/mol. The minimum Gasteiger partial charge on any atom is -0.298 e. The van der Waals surface area contributed by atoms with Crippen LogP contribution in [-0.4, -0.2) is 26.0 Å². The van der Waals surface area contributed by atoms with E-state index in [1.54, 1.807) is 17.7 Å². The molecule has 0 spiro atoms. The zero-order valence-electron chi connectivity index (χ0n) is 16.4. The summed E-state index contributed by atoms with van der Waals surface area (Å²) in [5.41, 5.74) is 3.34. The average Bonchev–Trinajstić information content (AvgIpc) is 2.75. The van der Waals surface area contributed by atoms with Crippen molar-refractivity contribution in [2.45, 2.75) is 37.8 Å². The number of halogens is 1. The molecule has 1 saturated heterocycles. The number of hydrogen-bond donors (Lipinski definition) is 0. The summed E-state index contributed by atoms with van der Waals surface area (Å²) in [6, 6.07) is 12.0. The predicted molar refractivity (Wildman–Crippen MR) is 109 cm³/mol. The molecule has 0 radical (unpaired) electrons. The smallest absolute Gasteiger partial charge is 0.253 e. The zero-order chi connectivity index (χ0) is 20.0. The molecule has 0 bridgehead atoms. The van der Waals surface area contributed by atoms with Gasteiger partial charge in [-0.1, -0.05) is 24.3 Å². The van der Waals surface area contributed by atoms with Gasteiger partial charge in [0.25, 0.3) is 5.56 Å². The highest BCUT2D eigenvalue weighted by Crippen LogP contribution is 2.44. The Morgan fingerprint density at radius 3 is 2.83 bits per heavy atom. The molecular formula is C23H23FN4O. The van der Waals surface area contributed by atoms with E-state index in [9.17, 15) is 9.18 Å². The summed E-state index contributed by atoms with van der Waals surface area (Å²) in [5.74, 6) is 0.250. The van der Waals surface area contributed by atoms with Gasteiger partial charge in [-0.25, -0.2) is 9.37 Å². The maximum atomic E-state index is 14.3. The Kier molecular flexibility index (Phi) is 4.51. The third-order valence-electron chi connectivity index (χ3n) is 6.33. The first kappa shape index (κ1) is 18.2. The summed E-state index contributed by atoms with van der Waals surface area (Å²) >= 11 is 0. The molecule has 4 heterocycles. The number of nitrogens with zero attached hydrogens (tertiary/aromatic N) is 4. The van der Waals surface area contributed by atoms with Gasteiger partial charge >= 0.3 is 0 Å². The topological polar surface area (TPSA) is 51.0 Å². The second kappa shape index (κ2) is 7.19. The summed E-state index contributed by atoms with van der Waals surface area (Å²) in [5, 5.41) is 0. The van der Waals surface area contributed by atoms with Crippen LogP contribution in [0.4, 0.5) is 4.39 Å². The molecule has 5 rings (SSSR count). The minimum atomic E-state index is -0.465. The van der Waals surface area contributed by atoms with Crippen molar-refractivity contribution in [1.29, 1.82) is 0 Å². The molecule has 2 unspecified atom stereocenters. The molecule has 0 aliphatic carbocycles. The van der Waals surface area contributed by atoms with Gasteiger partial charge in [0.05, 0.1) is 17.9 Å². The Labute approximate surface area is 168 Å². The molecule has 0 saturated carbocycles. The summed E-state index contributed by atoms with van der Waals surface area (Å²) in [4.78, 5) is 23.8. The van der Waals surface area contributed by atoms with Gasteiger partial charge in [-0.2, -0.15) is 0 Å². The molecule has 2 aliphatic heterocycles. The van der Waals surface area contributed by atoms with Gasteiger partial charge in [-0.3, -0.25) is 19.2 Å². The third-order valence-corrected chi connectivity index (χ3v) is 6.33. The summed E-state index contributed by atoms with van der Waals surface area (Å²) in [6.45, 7) is 0.941. The van der Waals surface area contributed by atoms with Crippen molar-refractivity contribution in [3.05, 3.63) is 81.9 Å². The monoisotopic (exact) mass is 390 g/mol. The average molecular weight is 390 g/mol. The first-order valence-electron chi connectivity index (χ1n) is 10.1. The maximum absolute atomic E-state index is 14.3. The number of hydrogen-bond acceptors (Lipinski definition) is 4. The molecule has 0 N–H and O–H groups in total. The number of piperidine rings is 1. The lowest BCUT2D eigenvalue weighted by atomic mass is 9.84. The van der Waals surface area contributed by atoms with E-state index < -0.39 is 5.82 Å². The lowest BCUT2D eigenvalue weighted by Crippen LogP contribution is -2.43. The molecule has 2 aromatic heterocycles. The van der Waals surface area contributed by atoms with Crippen molar-refractivity contribution in [2.24, 2.45) is 7.05 Å². The molecule has 1 fully saturated rings. The van der Waals surface area contributed by atoms with E-state index in [2.05, 4.69) is 34.1 Å². The number of pyridine rings is 1. The van der Waals surface area contributed by atoms with Gasteiger partial charge < -0.3 is 0 Å². The molecule has 3 aromatic rings. The minimum absolute atomic E-state index is 0.0460. The van der Waals surface area contributed by atoms with Gasteiger partial charge in [-0.15, -0.1) is 0 Å². The standard InChI is InChI=1S/C23H23FN4O/c1-27-22(29)13-19(17-9-11-25-14-18(17)24)26-23(27)21-8-4-7-20-16-6-3-2-5-15(16)10-12-28(20)21/h2-3,5-6,9,11,13-14,20-21H,4,7-8,10,12H2,1H3. The van der Waals surface area contributed by atoms with E-state index in [1.165, 1.54) is 23.4 Å². The Morgan fingerprint density at radius 1 is 1.14 bits per heavy atom. The van der Waals surface area contributed by atoms with E-state index in [0.29, 0.717) is 23.1 Å². The van der Waals surface area contributed by atoms with Crippen LogP contribution in [0.15, 0.2) is 53.6 Å². The third kappa shape index (κ3) is 3.08. The summed E-state index contributed by atoms with van der Waals surface area (Å²) < 4.78 is 15.9. The molecule has 2 aliphatic rings. The Morgan fingerprint density at radius 2 is 1.97 bits per heavy atom. The zero-order valence-corrected chi connectivity index (χ0v) is 16.4. The van der Waals surface area contributed by atoms with Crippen molar-refractivity contribution >= 4 is 0 Å². The highest BCUT2D eigenvalue weighted by atomic mass is 19.1. The van der Waals surface area contributed by atoms with Crippen molar-refractivity contribution in [1.82, 2.24) is 19.4 Å². The molecule has 2 atom stereocenters. The number of fused-ring (bicyclic) bond motifs is 3. The summed E-state index contributed by atoms with van der Waals surface area (Å²) in [6.07, 6.45) is 6.81. The second-order valence-electron chi connectivity index (χ2n) is 7.90. The van der Waals surface area contributed by atoms with Gasteiger partial charge in [0.1, 0.15) is 5.82 Å². The van der Waals surface area contributed by atoms with Crippen molar-refractivity contribution in [2.75, 3.05) is 6.54 Å². The second-order valence-corrected chi connectivity index (χ2v) is 7.90. The number of benzene rings is 1. The first-order chi connectivity index (χ1) is 14.1. The van der Waals surface area contributed by atoms with Crippen LogP contribution in [0.5, 0.6) is 0 Å². The van der Waals surface area contributed by atoms with Crippen LogP contribution in [0.25, 0.3) is 11.3 Å². The van der Waals surface area contributed by atoms with Crippen LogP contribution >= 0.6 is 0 Å². The van der Waals surface area contributed by atoms with Crippen LogP contribution in [0.3, 0.4) is 0 Å². The van der Waals surface area contributed by atoms with Crippen LogP contribution in [0.2, 0.25) is 0 Å². The lowest BCUT2D eigenvalue weighted by molar-refractivity contribution is 0.0664. The largest absolute Gasteiger partial charge is 0.298 e. The van der Waals surface area contributed by atoms with Crippen molar-refractivity contribution in [3.63, 3.8) is 0 Å². The van der Waals surface area contributed by atoms with Gasteiger partial charge in [0.2, 0.25) is 0 Å². The molecule has 0 amide bonds. The summed E-state index contributed by atoms with van der Waals surface area (Å²) in [7, 11) is 1.76. The Hall–Kier alpha value is -2.86. The Bertz CT molecular complexity index is 1130. The van der Waals surface area contributed by atoms with Crippen LogP contribution in [0.1, 0.15) is 48.3 Å². The fraction of sp³-hybridized carbons (Fsp3) is 0.348. The predicted octanol–water partition coefficient (Wildman–Crippen LogP) is 3.81. The number of rotatable bonds is 2. The van der Waals surface area contributed by atoms with Gasteiger partial charge in [-0.05, 0) is 42.9 Å². The Balaban J connectivity index is 1.59. The van der Waals surface area contributed by atoms with Crippen LogP contribution in [-0.2, 0) is 13.5 Å². The fourth-order valence-electron chi connectivity index (χ4n) is 4.89. The molecule has 148 valence electrons. The van der Waals surface area contributed by atoms with Crippen LogP contribution < -0.4 is 5.56 Å². The van der Waals surface area contributed by atoms with Gasteiger partial charge in [0, 0.05) is 37.5 Å². The fourth-order valence-corrected chi connectivity index (χ4v) is 4.89. The SMILES string of the molecule is Cn1c(C2CCCC3c4ccccc4CCN32)nc(-c2ccncc2F)cc1=O. The van der Waals surface area contributed by atoms with Crippen molar-refractivity contribution < 1.29 is 4.39 Å². The highest BCUT2D eigenvalue weighted by molar-refractivity contribution is 5.58. The number of aromatic nitrogens is 3.